The fraction of sp³-hybridized carbons (Fsp3) is 0.333. The Hall–Kier alpha value is -2.28. The SMILES string of the molecule is CCOCCN1C(=O)c2cccc([N+](=O)[O-])c2C1=O. The van der Waals surface area contributed by atoms with Crippen molar-refractivity contribution in [3.05, 3.63) is 39.4 Å². The monoisotopic (exact) mass is 264 g/mol. The van der Waals surface area contributed by atoms with Crippen LogP contribution in [0.5, 0.6) is 0 Å². The van der Waals surface area contributed by atoms with Gasteiger partial charge >= 0.3 is 0 Å². The molecular formula is C12H12N2O5. The summed E-state index contributed by atoms with van der Waals surface area (Å²) in [5.74, 6) is -1.14. The topological polar surface area (TPSA) is 89.8 Å². The molecule has 19 heavy (non-hydrogen) atoms. The Kier molecular flexibility index (Phi) is 3.57. The molecule has 7 nitrogen and oxygen atoms in total. The van der Waals surface area contributed by atoms with E-state index in [-0.39, 0.29) is 30.0 Å². The summed E-state index contributed by atoms with van der Waals surface area (Å²) < 4.78 is 5.09. The van der Waals surface area contributed by atoms with Gasteiger partial charge in [-0.25, -0.2) is 0 Å². The lowest BCUT2D eigenvalue weighted by atomic mass is 10.1. The number of hydrogen-bond acceptors (Lipinski definition) is 5. The van der Waals surface area contributed by atoms with E-state index in [1.165, 1.54) is 18.2 Å². The number of carbonyl (C=O) groups is 2. The fourth-order valence-electron chi connectivity index (χ4n) is 1.97. The van der Waals surface area contributed by atoms with Crippen LogP contribution in [0.1, 0.15) is 27.6 Å². The van der Waals surface area contributed by atoms with Crippen LogP contribution in [-0.4, -0.2) is 41.4 Å². The van der Waals surface area contributed by atoms with Crippen molar-refractivity contribution < 1.29 is 19.2 Å². The Morgan fingerprint density at radius 2 is 2.05 bits per heavy atom. The van der Waals surface area contributed by atoms with Gasteiger partial charge in [0, 0.05) is 12.7 Å². The number of hydrogen-bond donors (Lipinski definition) is 0. The fourth-order valence-corrected chi connectivity index (χ4v) is 1.97. The summed E-state index contributed by atoms with van der Waals surface area (Å²) in [6.07, 6.45) is 0. The van der Waals surface area contributed by atoms with Crippen molar-refractivity contribution in [1.29, 1.82) is 0 Å². The van der Waals surface area contributed by atoms with Gasteiger partial charge in [-0.2, -0.15) is 0 Å². The minimum absolute atomic E-state index is 0.0794. The molecule has 1 aromatic carbocycles. The first kappa shape index (κ1) is 13.2. The van der Waals surface area contributed by atoms with Crippen molar-refractivity contribution in [3.63, 3.8) is 0 Å². The highest BCUT2D eigenvalue weighted by molar-refractivity contribution is 6.23. The summed E-state index contributed by atoms with van der Waals surface area (Å²) in [5.41, 5.74) is -0.389. The third kappa shape index (κ3) is 2.19. The number of rotatable bonds is 5. The minimum Gasteiger partial charge on any atom is -0.380 e. The maximum Gasteiger partial charge on any atom is 0.282 e. The molecule has 0 radical (unpaired) electrons. The predicted molar refractivity (Wildman–Crippen MR) is 65.0 cm³/mol. The third-order valence-electron chi connectivity index (χ3n) is 2.84. The Morgan fingerprint density at radius 1 is 1.32 bits per heavy atom. The number of ether oxygens (including phenoxy) is 1. The van der Waals surface area contributed by atoms with E-state index in [0.29, 0.717) is 6.61 Å². The van der Waals surface area contributed by atoms with Crippen LogP contribution in [0.25, 0.3) is 0 Å². The lowest BCUT2D eigenvalue weighted by Gasteiger charge is -2.12. The van der Waals surface area contributed by atoms with Crippen LogP contribution >= 0.6 is 0 Å². The summed E-state index contributed by atoms with van der Waals surface area (Å²) in [5, 5.41) is 10.9. The number of nitro benzene ring substituents is 1. The molecule has 1 aliphatic heterocycles. The smallest absolute Gasteiger partial charge is 0.282 e. The second kappa shape index (κ2) is 5.15. The average molecular weight is 264 g/mol. The highest BCUT2D eigenvalue weighted by atomic mass is 16.6. The molecule has 0 saturated heterocycles. The lowest BCUT2D eigenvalue weighted by molar-refractivity contribution is -0.385. The first-order valence-corrected chi connectivity index (χ1v) is 5.79. The van der Waals surface area contributed by atoms with Crippen molar-refractivity contribution in [2.75, 3.05) is 19.8 Å². The van der Waals surface area contributed by atoms with Crippen LogP contribution in [0.3, 0.4) is 0 Å². The summed E-state index contributed by atoms with van der Waals surface area (Å²) >= 11 is 0. The van der Waals surface area contributed by atoms with E-state index in [1.807, 2.05) is 0 Å². The van der Waals surface area contributed by atoms with Crippen molar-refractivity contribution in [3.8, 4) is 0 Å². The van der Waals surface area contributed by atoms with E-state index in [1.54, 1.807) is 6.92 Å². The minimum atomic E-state index is -0.657. The Labute approximate surface area is 108 Å². The largest absolute Gasteiger partial charge is 0.380 e. The van der Waals surface area contributed by atoms with Crippen molar-refractivity contribution in [1.82, 2.24) is 4.90 Å². The molecule has 0 aliphatic carbocycles. The number of amides is 2. The number of imide groups is 1. The average Bonchev–Trinajstić information content (AvgIpc) is 2.64. The molecule has 0 aromatic heterocycles. The molecule has 0 bridgehead atoms. The number of nitro groups is 1. The van der Waals surface area contributed by atoms with Crippen molar-refractivity contribution >= 4 is 17.5 Å². The zero-order valence-corrected chi connectivity index (χ0v) is 10.3. The molecule has 0 fully saturated rings. The van der Waals surface area contributed by atoms with Gasteiger partial charge in [0.05, 0.1) is 23.6 Å². The highest BCUT2D eigenvalue weighted by Crippen LogP contribution is 2.30. The van der Waals surface area contributed by atoms with Gasteiger partial charge in [0.1, 0.15) is 5.56 Å². The standard InChI is InChI=1S/C12H12N2O5/c1-2-19-7-6-13-11(15)8-4-3-5-9(14(17)18)10(8)12(13)16/h3-5H,2,6-7H2,1H3. The molecule has 1 heterocycles. The number of benzene rings is 1. The summed E-state index contributed by atoms with van der Waals surface area (Å²) in [7, 11) is 0. The zero-order chi connectivity index (χ0) is 14.0. The van der Waals surface area contributed by atoms with Gasteiger partial charge < -0.3 is 4.74 Å². The van der Waals surface area contributed by atoms with Gasteiger partial charge in [0.25, 0.3) is 17.5 Å². The Morgan fingerprint density at radius 3 is 2.68 bits per heavy atom. The quantitative estimate of drug-likeness (QED) is 0.345. The molecule has 2 amide bonds. The van der Waals surface area contributed by atoms with Gasteiger partial charge in [-0.15, -0.1) is 0 Å². The van der Waals surface area contributed by atoms with E-state index in [9.17, 15) is 19.7 Å². The van der Waals surface area contributed by atoms with Gasteiger partial charge in [0.15, 0.2) is 0 Å². The molecule has 1 aromatic rings. The Balaban J connectivity index is 2.33. The highest BCUT2D eigenvalue weighted by Gasteiger charge is 2.40. The maximum atomic E-state index is 12.1. The molecule has 0 spiro atoms. The maximum absolute atomic E-state index is 12.1. The number of carbonyl (C=O) groups excluding carboxylic acids is 2. The summed E-state index contributed by atoms with van der Waals surface area (Å²) in [4.78, 5) is 35.3. The van der Waals surface area contributed by atoms with E-state index < -0.39 is 16.7 Å². The summed E-state index contributed by atoms with van der Waals surface area (Å²) in [6.45, 7) is 2.59. The van der Waals surface area contributed by atoms with Crippen LogP contribution in [0.4, 0.5) is 5.69 Å². The van der Waals surface area contributed by atoms with Crippen molar-refractivity contribution in [2.24, 2.45) is 0 Å². The molecule has 7 heteroatoms. The van der Waals surface area contributed by atoms with E-state index in [0.717, 1.165) is 4.90 Å². The molecular weight excluding hydrogens is 252 g/mol. The zero-order valence-electron chi connectivity index (χ0n) is 10.3. The second-order valence-corrected chi connectivity index (χ2v) is 3.92. The van der Waals surface area contributed by atoms with Gasteiger partial charge in [-0.05, 0) is 13.0 Å². The molecule has 0 unspecified atom stereocenters. The Bertz CT molecular complexity index is 555. The number of nitrogens with zero attached hydrogens (tertiary/aromatic N) is 2. The predicted octanol–water partition coefficient (Wildman–Crippen LogP) is 1.23. The van der Waals surface area contributed by atoms with E-state index in [2.05, 4.69) is 0 Å². The van der Waals surface area contributed by atoms with Gasteiger partial charge in [-0.3, -0.25) is 24.6 Å². The molecule has 100 valence electrons. The van der Waals surface area contributed by atoms with Crippen LogP contribution < -0.4 is 0 Å². The van der Waals surface area contributed by atoms with Crippen LogP contribution in [0, 0.1) is 10.1 Å². The molecule has 0 N–H and O–H groups in total. The third-order valence-corrected chi connectivity index (χ3v) is 2.84. The molecule has 0 atom stereocenters. The normalized spacial score (nSPS) is 13.8. The van der Waals surface area contributed by atoms with Crippen LogP contribution in [-0.2, 0) is 4.74 Å². The first-order valence-electron chi connectivity index (χ1n) is 5.79. The molecule has 2 rings (SSSR count). The van der Waals surface area contributed by atoms with Gasteiger partial charge in [0.2, 0.25) is 0 Å². The molecule has 1 aliphatic rings. The van der Waals surface area contributed by atoms with Gasteiger partial charge in [-0.1, -0.05) is 6.07 Å². The second-order valence-electron chi connectivity index (χ2n) is 3.92. The number of fused-ring (bicyclic) bond motifs is 1. The summed E-state index contributed by atoms with van der Waals surface area (Å²) in [6, 6.07) is 4.04. The lowest BCUT2D eigenvalue weighted by Crippen LogP contribution is -2.33. The van der Waals surface area contributed by atoms with E-state index in [4.69, 9.17) is 4.74 Å². The van der Waals surface area contributed by atoms with Crippen molar-refractivity contribution in [2.45, 2.75) is 6.92 Å². The first-order chi connectivity index (χ1) is 9.07. The molecule has 0 saturated carbocycles. The van der Waals surface area contributed by atoms with Crippen LogP contribution in [0.2, 0.25) is 0 Å². The van der Waals surface area contributed by atoms with E-state index >= 15 is 0 Å². The van der Waals surface area contributed by atoms with Crippen LogP contribution in [0.15, 0.2) is 18.2 Å².